The van der Waals surface area contributed by atoms with Crippen molar-refractivity contribution in [2.75, 3.05) is 19.8 Å². The van der Waals surface area contributed by atoms with Crippen LogP contribution in [0, 0.1) is 17.8 Å². The van der Waals surface area contributed by atoms with Gasteiger partial charge >= 0.3 is 5.97 Å². The number of carbonyl (C=O) groups is 4. The average molecular weight is 751 g/mol. The molecule has 3 aliphatic rings. The number of nitrogens with one attached hydrogen (secondary N) is 1. The third-order valence-corrected chi connectivity index (χ3v) is 11.3. The van der Waals surface area contributed by atoms with E-state index >= 15 is 0 Å². The Morgan fingerprint density at radius 1 is 1.14 bits per heavy atom. The number of benzene rings is 2. The first-order chi connectivity index (χ1) is 24.1. The minimum absolute atomic E-state index is 0.102. The van der Waals surface area contributed by atoms with Gasteiger partial charge in [-0.2, -0.15) is 0 Å². The standard InChI is InChI=1S/C39H48BrN3O7/c1-5-8-19-31(45)49-24-29(27-17-13-10-14-18-27)41-36(46)32-33-37(47)43(30(23-44)25(4)7-3)35(39(33)21-28(40)34(32)50-39)38(48)42(20-6-2)22-26-15-11-9-12-16-26/h5-6,9-18,25,28-30,32-35,44H,1-2,7-8,19-24H2,3-4H3,(H,41,46)/t25-,28?,29+,30-,32+,33-,34+,35+,39-/m0/s1. The molecular weight excluding hydrogens is 702 g/mol. The van der Waals surface area contributed by atoms with E-state index in [1.165, 1.54) is 4.90 Å². The molecule has 3 aliphatic heterocycles. The number of allylic oxidation sites excluding steroid dienone is 1. The minimum Gasteiger partial charge on any atom is -0.463 e. The monoisotopic (exact) mass is 749 g/mol. The van der Waals surface area contributed by atoms with E-state index in [4.69, 9.17) is 9.47 Å². The second-order valence-electron chi connectivity index (χ2n) is 13.5. The molecular formula is C39H48BrN3O7. The molecule has 0 aliphatic carbocycles. The first-order valence-electron chi connectivity index (χ1n) is 17.4. The van der Waals surface area contributed by atoms with Crippen molar-refractivity contribution in [3.63, 3.8) is 0 Å². The third kappa shape index (κ3) is 7.31. The van der Waals surface area contributed by atoms with Crippen molar-refractivity contribution in [2.24, 2.45) is 17.8 Å². The summed E-state index contributed by atoms with van der Waals surface area (Å²) < 4.78 is 12.3. The number of fused-ring (bicyclic) bond motifs is 1. The molecule has 0 radical (unpaired) electrons. The first kappa shape index (κ1) is 37.5. The highest BCUT2D eigenvalue weighted by molar-refractivity contribution is 9.09. The summed E-state index contributed by atoms with van der Waals surface area (Å²) in [4.78, 5) is 59.4. The summed E-state index contributed by atoms with van der Waals surface area (Å²) >= 11 is 3.75. The number of aliphatic hydroxyl groups is 1. The van der Waals surface area contributed by atoms with E-state index in [1.807, 2.05) is 74.5 Å². The molecule has 268 valence electrons. The Morgan fingerprint density at radius 2 is 1.82 bits per heavy atom. The highest BCUT2D eigenvalue weighted by atomic mass is 79.9. The largest absolute Gasteiger partial charge is 0.463 e. The fourth-order valence-corrected chi connectivity index (χ4v) is 8.77. The van der Waals surface area contributed by atoms with Crippen LogP contribution in [0.5, 0.6) is 0 Å². The molecule has 9 atom stereocenters. The average Bonchev–Trinajstić information content (AvgIpc) is 3.72. The number of amides is 3. The fourth-order valence-electron chi connectivity index (χ4n) is 7.83. The van der Waals surface area contributed by atoms with Crippen molar-refractivity contribution >= 4 is 39.6 Å². The summed E-state index contributed by atoms with van der Waals surface area (Å²) in [5.74, 6) is -3.59. The maximum atomic E-state index is 14.9. The summed E-state index contributed by atoms with van der Waals surface area (Å²) in [6, 6.07) is 16.3. The van der Waals surface area contributed by atoms with Crippen LogP contribution in [0.4, 0.5) is 0 Å². The number of hydrogen-bond donors (Lipinski definition) is 2. The van der Waals surface area contributed by atoms with Crippen LogP contribution in [0.25, 0.3) is 0 Å². The van der Waals surface area contributed by atoms with E-state index in [9.17, 15) is 24.3 Å². The van der Waals surface area contributed by atoms with Gasteiger partial charge in [-0.3, -0.25) is 19.2 Å². The maximum Gasteiger partial charge on any atom is 0.306 e. The van der Waals surface area contributed by atoms with Crippen molar-refractivity contribution in [3.05, 3.63) is 97.1 Å². The molecule has 1 spiro atoms. The zero-order chi connectivity index (χ0) is 36.0. The van der Waals surface area contributed by atoms with E-state index in [1.54, 1.807) is 17.1 Å². The zero-order valence-electron chi connectivity index (χ0n) is 28.8. The molecule has 3 heterocycles. The van der Waals surface area contributed by atoms with E-state index < -0.39 is 53.5 Å². The number of nitrogens with zero attached hydrogens (tertiary/aromatic N) is 2. The lowest BCUT2D eigenvalue weighted by molar-refractivity contribution is -0.153. The van der Waals surface area contributed by atoms with Crippen LogP contribution in [-0.2, 0) is 35.2 Å². The molecule has 50 heavy (non-hydrogen) atoms. The summed E-state index contributed by atoms with van der Waals surface area (Å²) in [6.07, 6.45) is 4.23. The molecule has 2 aromatic carbocycles. The molecule has 3 saturated heterocycles. The van der Waals surface area contributed by atoms with Crippen LogP contribution >= 0.6 is 15.9 Å². The molecule has 3 amide bonds. The lowest BCUT2D eigenvalue weighted by Gasteiger charge is -2.41. The van der Waals surface area contributed by atoms with Gasteiger partial charge in [0.15, 0.2) is 0 Å². The molecule has 1 unspecified atom stereocenters. The molecule has 0 saturated carbocycles. The fraction of sp³-hybridized carbons (Fsp3) is 0.487. The van der Waals surface area contributed by atoms with Gasteiger partial charge in [-0.15, -0.1) is 13.2 Å². The van der Waals surface area contributed by atoms with Crippen LogP contribution < -0.4 is 5.32 Å². The number of carbonyl (C=O) groups excluding carboxylic acids is 4. The number of halogens is 1. The Kier molecular flexibility index (Phi) is 12.3. The lowest BCUT2D eigenvalue weighted by atomic mass is 9.70. The molecule has 2 N–H and O–H groups in total. The summed E-state index contributed by atoms with van der Waals surface area (Å²) in [6.45, 7) is 11.5. The van der Waals surface area contributed by atoms with Crippen LogP contribution in [0.3, 0.4) is 0 Å². The van der Waals surface area contributed by atoms with Gasteiger partial charge in [0.05, 0.1) is 36.6 Å². The number of alkyl halides is 1. The molecule has 0 aromatic heterocycles. The van der Waals surface area contributed by atoms with Gasteiger partial charge in [0.1, 0.15) is 18.2 Å². The summed E-state index contributed by atoms with van der Waals surface area (Å²) in [5, 5.41) is 13.8. The number of hydrogen-bond acceptors (Lipinski definition) is 7. The van der Waals surface area contributed by atoms with Crippen molar-refractivity contribution in [1.29, 1.82) is 0 Å². The molecule has 11 heteroatoms. The van der Waals surface area contributed by atoms with Crippen LogP contribution in [0.2, 0.25) is 0 Å². The van der Waals surface area contributed by atoms with Crippen molar-refractivity contribution in [3.8, 4) is 0 Å². The number of esters is 1. The van der Waals surface area contributed by atoms with Gasteiger partial charge in [0, 0.05) is 24.3 Å². The SMILES string of the molecule is C=CCCC(=O)OC[C@@H](NC(=O)[C@H]1[C@@H]2O[C@@]3(CC2Br)[C@@H]1C(=O)N([C@@H](CO)[C@@H](C)CC)[C@@H]3C(=O)N(CC=C)Cc1ccccc1)c1ccccc1. The van der Waals surface area contributed by atoms with E-state index in [0.29, 0.717) is 19.3 Å². The predicted octanol–water partition coefficient (Wildman–Crippen LogP) is 4.72. The van der Waals surface area contributed by atoms with E-state index in [2.05, 4.69) is 34.4 Å². The second-order valence-corrected chi connectivity index (χ2v) is 14.7. The predicted molar refractivity (Wildman–Crippen MR) is 193 cm³/mol. The van der Waals surface area contributed by atoms with Crippen molar-refractivity contribution in [2.45, 2.75) is 80.7 Å². The summed E-state index contributed by atoms with van der Waals surface area (Å²) in [5.41, 5.74) is 0.334. The van der Waals surface area contributed by atoms with Crippen molar-refractivity contribution < 1.29 is 33.8 Å². The Balaban J connectivity index is 1.51. The van der Waals surface area contributed by atoms with Gasteiger partial charge in [0.25, 0.3) is 0 Å². The first-order valence-corrected chi connectivity index (χ1v) is 18.3. The Hall–Kier alpha value is -3.80. The van der Waals surface area contributed by atoms with Gasteiger partial charge in [-0.1, -0.05) is 109 Å². The van der Waals surface area contributed by atoms with Gasteiger partial charge in [-0.25, -0.2) is 0 Å². The molecule has 3 fully saturated rings. The van der Waals surface area contributed by atoms with Crippen LogP contribution in [0.1, 0.15) is 56.7 Å². The van der Waals surface area contributed by atoms with Crippen LogP contribution in [0.15, 0.2) is 86.0 Å². The normalized spacial score (nSPS) is 26.8. The molecule has 10 nitrogen and oxygen atoms in total. The van der Waals surface area contributed by atoms with E-state index in [-0.39, 0.29) is 55.3 Å². The van der Waals surface area contributed by atoms with Gasteiger partial charge in [-0.05, 0) is 29.9 Å². The number of ether oxygens (including phenoxy) is 2. The molecule has 2 bridgehead atoms. The Morgan fingerprint density at radius 3 is 2.44 bits per heavy atom. The number of aliphatic hydroxyl groups excluding tert-OH is 1. The summed E-state index contributed by atoms with van der Waals surface area (Å²) in [7, 11) is 0. The number of likely N-dealkylation sites (tertiary alicyclic amines) is 1. The smallest absolute Gasteiger partial charge is 0.306 e. The Bertz CT molecular complexity index is 1540. The van der Waals surface area contributed by atoms with Crippen molar-refractivity contribution in [1.82, 2.24) is 15.1 Å². The minimum atomic E-state index is -1.31. The zero-order valence-corrected chi connectivity index (χ0v) is 30.4. The number of rotatable bonds is 17. The third-order valence-electron chi connectivity index (χ3n) is 10.5. The lowest BCUT2D eigenvalue weighted by Crippen LogP contribution is -2.59. The van der Waals surface area contributed by atoms with Crippen LogP contribution in [-0.4, -0.2) is 87.0 Å². The molecule has 5 rings (SSSR count). The van der Waals surface area contributed by atoms with Gasteiger partial charge in [0.2, 0.25) is 17.7 Å². The highest BCUT2D eigenvalue weighted by Crippen LogP contribution is 2.61. The Labute approximate surface area is 303 Å². The maximum absolute atomic E-state index is 14.9. The quantitative estimate of drug-likeness (QED) is 0.136. The highest BCUT2D eigenvalue weighted by Gasteiger charge is 2.77. The van der Waals surface area contributed by atoms with E-state index in [0.717, 1.165) is 11.1 Å². The van der Waals surface area contributed by atoms with Gasteiger partial charge < -0.3 is 29.7 Å². The molecule has 2 aromatic rings. The topological polar surface area (TPSA) is 125 Å². The second kappa shape index (κ2) is 16.5.